The Balaban J connectivity index is 2.63. The molecule has 3 atom stereocenters. The van der Waals surface area contributed by atoms with E-state index < -0.39 is 12.1 Å². The van der Waals surface area contributed by atoms with E-state index in [-0.39, 0.29) is 19.0 Å². The second-order valence-corrected chi connectivity index (χ2v) is 6.65. The number of carbonyl (C=O) groups is 1. The molecule has 0 N–H and O–H groups in total. The predicted octanol–water partition coefficient (Wildman–Crippen LogP) is 3.67. The molecule has 0 radical (unpaired) electrons. The van der Waals surface area contributed by atoms with Crippen molar-refractivity contribution >= 4 is 5.97 Å². The largest absolute Gasteiger partial charge is 0.497 e. The highest BCUT2D eigenvalue weighted by Crippen LogP contribution is 2.14. The van der Waals surface area contributed by atoms with Gasteiger partial charge in [-0.3, -0.25) is 0 Å². The maximum Gasteiger partial charge on any atom is 0.330 e. The number of hydrogen-bond acceptors (Lipinski definition) is 7. The third-order valence-corrected chi connectivity index (χ3v) is 4.15. The Labute approximate surface area is 179 Å². The first-order valence-electron chi connectivity index (χ1n) is 9.92. The lowest BCUT2D eigenvalue weighted by molar-refractivity contribution is -0.142. The van der Waals surface area contributed by atoms with Crippen LogP contribution in [0.15, 0.2) is 49.1 Å². The van der Waals surface area contributed by atoms with Crippen molar-refractivity contribution in [2.75, 3.05) is 34.2 Å². The zero-order valence-corrected chi connectivity index (χ0v) is 18.4. The highest BCUT2D eigenvalue weighted by molar-refractivity contribution is 5.82. The van der Waals surface area contributed by atoms with Crippen molar-refractivity contribution in [2.45, 2.75) is 45.2 Å². The molecule has 0 aromatic heterocycles. The fourth-order valence-electron chi connectivity index (χ4n) is 2.41. The van der Waals surface area contributed by atoms with Crippen LogP contribution in [0.3, 0.4) is 0 Å². The lowest BCUT2D eigenvalue weighted by Gasteiger charge is -2.22. The smallest absolute Gasteiger partial charge is 0.330 e. The fourth-order valence-corrected chi connectivity index (χ4v) is 2.41. The van der Waals surface area contributed by atoms with Crippen LogP contribution in [0.5, 0.6) is 5.75 Å². The second kappa shape index (κ2) is 15.6. The highest BCUT2D eigenvalue weighted by atomic mass is 16.7. The Morgan fingerprint density at radius 3 is 2.47 bits per heavy atom. The van der Waals surface area contributed by atoms with Crippen LogP contribution < -0.4 is 4.74 Å². The van der Waals surface area contributed by atoms with Gasteiger partial charge < -0.3 is 28.4 Å². The van der Waals surface area contributed by atoms with Crippen molar-refractivity contribution in [3.8, 4) is 5.75 Å². The molecule has 0 aliphatic carbocycles. The zero-order valence-electron chi connectivity index (χ0n) is 18.4. The van der Waals surface area contributed by atoms with Gasteiger partial charge in [0.1, 0.15) is 24.8 Å². The van der Waals surface area contributed by atoms with E-state index in [1.54, 1.807) is 26.4 Å². The molecule has 0 aliphatic rings. The summed E-state index contributed by atoms with van der Waals surface area (Å²) < 4.78 is 32.4. The Morgan fingerprint density at radius 1 is 1.10 bits per heavy atom. The van der Waals surface area contributed by atoms with Crippen LogP contribution in [-0.2, 0) is 35.1 Å². The third-order valence-electron chi connectivity index (χ3n) is 4.15. The van der Waals surface area contributed by atoms with Crippen LogP contribution in [-0.4, -0.2) is 58.5 Å². The summed E-state index contributed by atoms with van der Waals surface area (Å²) in [6.07, 6.45) is 4.23. The molecule has 0 saturated carbocycles. The van der Waals surface area contributed by atoms with Crippen LogP contribution >= 0.6 is 0 Å². The molecule has 7 nitrogen and oxygen atoms in total. The molecule has 1 aromatic rings. The molecule has 1 aromatic carbocycles. The molecule has 0 unspecified atom stereocenters. The van der Waals surface area contributed by atoms with Crippen molar-refractivity contribution in [1.29, 1.82) is 0 Å². The minimum absolute atomic E-state index is 0.0521. The molecule has 1 rings (SSSR count). The summed E-state index contributed by atoms with van der Waals surface area (Å²) >= 11 is 0. The number of hydrogen-bond donors (Lipinski definition) is 0. The molecular formula is C23H34O7. The molecule has 0 heterocycles. The van der Waals surface area contributed by atoms with E-state index in [9.17, 15) is 4.79 Å². The minimum atomic E-state index is -0.493. The Hall–Kier alpha value is -2.19. The van der Waals surface area contributed by atoms with Gasteiger partial charge in [0.15, 0.2) is 0 Å². The first-order valence-corrected chi connectivity index (χ1v) is 9.92. The van der Waals surface area contributed by atoms with Crippen LogP contribution in [0.2, 0.25) is 0 Å². The second-order valence-electron chi connectivity index (χ2n) is 6.65. The van der Waals surface area contributed by atoms with Gasteiger partial charge in [-0.15, -0.1) is 6.58 Å². The average Bonchev–Trinajstić information content (AvgIpc) is 2.74. The number of methoxy groups -OCH3 is 2. The summed E-state index contributed by atoms with van der Waals surface area (Å²) in [4.78, 5) is 12.0. The minimum Gasteiger partial charge on any atom is -0.497 e. The van der Waals surface area contributed by atoms with E-state index in [2.05, 4.69) is 6.58 Å². The highest BCUT2D eigenvalue weighted by Gasteiger charge is 2.17. The number of esters is 1. The molecule has 0 aliphatic heterocycles. The summed E-state index contributed by atoms with van der Waals surface area (Å²) in [5.41, 5.74) is 0.999. The summed E-state index contributed by atoms with van der Waals surface area (Å²) in [6.45, 7) is 8.66. The van der Waals surface area contributed by atoms with Crippen molar-refractivity contribution in [3.63, 3.8) is 0 Å². The standard InChI is InChI=1S/C23H34O7/c1-6-7-18(2)30-23(24)13-12-22(29-17-27-15-14-25-4)19(3)28-16-20-8-10-21(26-5)11-9-20/h6,8-13,18-19,22H,1,7,14-17H2,2-5H3/b13-12+/t18-,19-,22+/m0/s1. The average molecular weight is 423 g/mol. The summed E-state index contributed by atoms with van der Waals surface area (Å²) in [5, 5.41) is 0. The van der Waals surface area contributed by atoms with Gasteiger partial charge in [0, 0.05) is 19.6 Å². The molecule has 0 spiro atoms. The van der Waals surface area contributed by atoms with Gasteiger partial charge in [0.2, 0.25) is 0 Å². The number of carbonyl (C=O) groups excluding carboxylic acids is 1. The monoisotopic (exact) mass is 422 g/mol. The number of ether oxygens (including phenoxy) is 6. The lowest BCUT2D eigenvalue weighted by atomic mass is 10.2. The van der Waals surface area contributed by atoms with Gasteiger partial charge in [0.05, 0.1) is 33.0 Å². The maximum absolute atomic E-state index is 12.0. The van der Waals surface area contributed by atoms with Gasteiger partial charge >= 0.3 is 5.97 Å². The van der Waals surface area contributed by atoms with Crippen LogP contribution in [0, 0.1) is 0 Å². The van der Waals surface area contributed by atoms with Gasteiger partial charge in [0.25, 0.3) is 0 Å². The van der Waals surface area contributed by atoms with Crippen LogP contribution in [0.25, 0.3) is 0 Å². The number of benzene rings is 1. The van der Waals surface area contributed by atoms with E-state index in [0.717, 1.165) is 11.3 Å². The third kappa shape index (κ3) is 11.1. The van der Waals surface area contributed by atoms with Crippen LogP contribution in [0.4, 0.5) is 0 Å². The molecule has 30 heavy (non-hydrogen) atoms. The summed E-state index contributed by atoms with van der Waals surface area (Å²) in [5.74, 6) is 0.342. The summed E-state index contributed by atoms with van der Waals surface area (Å²) in [6, 6.07) is 7.62. The van der Waals surface area contributed by atoms with E-state index >= 15 is 0 Å². The Kier molecular flexibility index (Phi) is 13.5. The quantitative estimate of drug-likeness (QED) is 0.132. The predicted molar refractivity (Wildman–Crippen MR) is 114 cm³/mol. The van der Waals surface area contributed by atoms with E-state index in [1.807, 2.05) is 38.1 Å². The van der Waals surface area contributed by atoms with Crippen molar-refractivity contribution in [2.24, 2.45) is 0 Å². The topological polar surface area (TPSA) is 72.5 Å². The molecular weight excluding hydrogens is 388 g/mol. The Morgan fingerprint density at radius 2 is 1.83 bits per heavy atom. The SMILES string of the molecule is C=CC[C@H](C)OC(=O)/C=C/[C@@H](OCOCCOC)[C@H](C)OCc1ccc(OC)cc1. The molecule has 168 valence electrons. The van der Waals surface area contributed by atoms with E-state index in [0.29, 0.717) is 26.2 Å². The Bertz CT molecular complexity index is 627. The normalized spacial score (nSPS) is 14.3. The number of rotatable bonds is 16. The van der Waals surface area contributed by atoms with E-state index in [1.165, 1.54) is 6.08 Å². The van der Waals surface area contributed by atoms with Crippen molar-refractivity contribution < 1.29 is 33.2 Å². The molecule has 7 heteroatoms. The summed E-state index contributed by atoms with van der Waals surface area (Å²) in [7, 11) is 3.23. The molecule has 0 fully saturated rings. The molecule has 0 amide bonds. The molecule has 0 bridgehead atoms. The first kappa shape index (κ1) is 25.8. The van der Waals surface area contributed by atoms with Gasteiger partial charge in [-0.2, -0.15) is 0 Å². The van der Waals surface area contributed by atoms with Gasteiger partial charge in [-0.1, -0.05) is 18.2 Å². The fraction of sp³-hybridized carbons (Fsp3) is 0.522. The van der Waals surface area contributed by atoms with Crippen molar-refractivity contribution in [3.05, 3.63) is 54.6 Å². The lowest BCUT2D eigenvalue weighted by Crippen LogP contribution is -2.29. The maximum atomic E-state index is 12.0. The van der Waals surface area contributed by atoms with Crippen molar-refractivity contribution in [1.82, 2.24) is 0 Å². The first-order chi connectivity index (χ1) is 14.5. The molecule has 0 saturated heterocycles. The zero-order chi connectivity index (χ0) is 22.2. The van der Waals surface area contributed by atoms with Gasteiger partial charge in [-0.05, 0) is 37.6 Å². The van der Waals surface area contributed by atoms with Gasteiger partial charge in [-0.25, -0.2) is 4.79 Å². The van der Waals surface area contributed by atoms with Crippen LogP contribution in [0.1, 0.15) is 25.8 Å². The van der Waals surface area contributed by atoms with E-state index in [4.69, 9.17) is 28.4 Å².